The number of hydrogen-bond acceptors (Lipinski definition) is 7. The van der Waals surface area contributed by atoms with Crippen LogP contribution in [0.5, 0.6) is 0 Å². The maximum atomic E-state index is 11.6. The van der Waals surface area contributed by atoms with Crippen molar-refractivity contribution >= 4 is 42.4 Å². The number of anilines is 2. The first-order valence-electron chi connectivity index (χ1n) is 9.51. The van der Waals surface area contributed by atoms with Crippen LogP contribution in [0, 0.1) is 0 Å². The van der Waals surface area contributed by atoms with E-state index in [0.29, 0.717) is 17.2 Å². The summed E-state index contributed by atoms with van der Waals surface area (Å²) in [6, 6.07) is 19.1. The Balaban J connectivity index is 1.63. The van der Waals surface area contributed by atoms with Crippen LogP contribution in [-0.4, -0.2) is 33.1 Å². The molecule has 1 heterocycles. The molecule has 4 rings (SSSR count). The minimum Gasteiger partial charge on any atom is -0.324 e. The van der Waals surface area contributed by atoms with Gasteiger partial charge in [-0.05, 0) is 47.0 Å². The van der Waals surface area contributed by atoms with Crippen molar-refractivity contribution in [3.63, 3.8) is 0 Å². The van der Waals surface area contributed by atoms with Gasteiger partial charge in [-0.25, -0.2) is 31.9 Å². The van der Waals surface area contributed by atoms with E-state index in [-0.39, 0.29) is 10.6 Å². The van der Waals surface area contributed by atoms with E-state index in [1.54, 1.807) is 24.4 Å². The molecule has 4 aromatic rings. The highest BCUT2D eigenvalue weighted by Gasteiger charge is 2.09. The van der Waals surface area contributed by atoms with Crippen molar-refractivity contribution in [2.45, 2.75) is 10.6 Å². The van der Waals surface area contributed by atoms with Crippen LogP contribution in [0.15, 0.2) is 77.8 Å². The predicted octanol–water partition coefficient (Wildman–Crippen LogP) is 3.23. The maximum absolute atomic E-state index is 11.6. The molecular weight excluding hydrogens is 448 g/mol. The van der Waals surface area contributed by atoms with Gasteiger partial charge in [-0.15, -0.1) is 0 Å². The van der Waals surface area contributed by atoms with E-state index >= 15 is 0 Å². The third-order valence-corrected chi connectivity index (χ3v) is 6.50. The Morgan fingerprint density at radius 2 is 1.62 bits per heavy atom. The van der Waals surface area contributed by atoms with Crippen molar-refractivity contribution in [1.82, 2.24) is 9.97 Å². The first-order chi connectivity index (χ1) is 15.1. The van der Waals surface area contributed by atoms with Crippen LogP contribution in [0.4, 0.5) is 11.6 Å². The van der Waals surface area contributed by atoms with E-state index in [0.717, 1.165) is 22.1 Å². The standard InChI is InChI=1S/C22H20N4O4S2/c1-31(27,28)14-15-3-2-4-16(11-15)17-5-6-18-13-24-22(26-21(18)12-17)25-19-7-9-20(10-8-19)32(23,29)30/h2-13H,14H2,1H3,(H2,23,29,30)(H,24,25,26). The number of rotatable bonds is 6. The Morgan fingerprint density at radius 1 is 0.906 bits per heavy atom. The van der Waals surface area contributed by atoms with Gasteiger partial charge >= 0.3 is 0 Å². The molecule has 3 N–H and O–H groups in total. The summed E-state index contributed by atoms with van der Waals surface area (Å²) in [5, 5.41) is 9.01. The first-order valence-corrected chi connectivity index (χ1v) is 13.1. The number of nitrogens with two attached hydrogens (primary N) is 1. The molecule has 0 spiro atoms. The fourth-order valence-corrected chi connectivity index (χ4v) is 4.56. The van der Waals surface area contributed by atoms with E-state index in [4.69, 9.17) is 5.14 Å². The number of hydrogen-bond donors (Lipinski definition) is 2. The van der Waals surface area contributed by atoms with Crippen molar-refractivity contribution < 1.29 is 16.8 Å². The van der Waals surface area contributed by atoms with Gasteiger partial charge in [0.15, 0.2) is 9.84 Å². The zero-order chi connectivity index (χ0) is 22.9. The van der Waals surface area contributed by atoms with Gasteiger partial charge in [-0.3, -0.25) is 0 Å². The summed E-state index contributed by atoms with van der Waals surface area (Å²) in [5.41, 5.74) is 3.82. The highest BCUT2D eigenvalue weighted by molar-refractivity contribution is 7.90. The lowest BCUT2D eigenvalue weighted by molar-refractivity contribution is 0.597. The fraction of sp³-hybridized carbons (Fsp3) is 0.0909. The Bertz CT molecular complexity index is 1520. The number of aromatic nitrogens is 2. The Morgan fingerprint density at radius 3 is 2.31 bits per heavy atom. The zero-order valence-corrected chi connectivity index (χ0v) is 18.7. The van der Waals surface area contributed by atoms with E-state index < -0.39 is 19.9 Å². The number of sulfone groups is 1. The lowest BCUT2D eigenvalue weighted by atomic mass is 10.0. The average molecular weight is 469 g/mol. The molecule has 0 atom stereocenters. The van der Waals surface area contributed by atoms with Crippen LogP contribution in [0.2, 0.25) is 0 Å². The molecule has 0 saturated carbocycles. The molecule has 0 unspecified atom stereocenters. The molecule has 0 aliphatic rings. The summed E-state index contributed by atoms with van der Waals surface area (Å²) >= 11 is 0. The minimum absolute atomic E-state index is 0.0187. The smallest absolute Gasteiger partial charge is 0.238 e. The molecule has 0 aliphatic carbocycles. The van der Waals surface area contributed by atoms with Crippen molar-refractivity contribution in [2.75, 3.05) is 11.6 Å². The highest BCUT2D eigenvalue weighted by Crippen LogP contribution is 2.26. The number of primary sulfonamides is 1. The van der Waals surface area contributed by atoms with Crippen LogP contribution in [0.3, 0.4) is 0 Å². The van der Waals surface area contributed by atoms with Crippen LogP contribution in [-0.2, 0) is 25.6 Å². The third kappa shape index (κ3) is 5.28. The van der Waals surface area contributed by atoms with E-state index in [2.05, 4.69) is 15.3 Å². The second kappa shape index (κ2) is 8.30. The second-order valence-corrected chi connectivity index (χ2v) is 11.1. The zero-order valence-electron chi connectivity index (χ0n) is 17.1. The van der Waals surface area contributed by atoms with E-state index in [1.807, 2.05) is 36.4 Å². The van der Waals surface area contributed by atoms with Crippen LogP contribution in [0.25, 0.3) is 22.0 Å². The van der Waals surface area contributed by atoms with Gasteiger partial charge in [0.05, 0.1) is 16.2 Å². The summed E-state index contributed by atoms with van der Waals surface area (Å²) in [7, 11) is -6.88. The van der Waals surface area contributed by atoms with Crippen LogP contribution >= 0.6 is 0 Å². The molecule has 0 bridgehead atoms. The first kappa shape index (κ1) is 21.9. The monoisotopic (exact) mass is 468 g/mol. The van der Waals surface area contributed by atoms with Gasteiger partial charge in [0.2, 0.25) is 16.0 Å². The number of fused-ring (bicyclic) bond motifs is 1. The Hall–Kier alpha value is -3.34. The van der Waals surface area contributed by atoms with Crippen molar-refractivity contribution in [2.24, 2.45) is 5.14 Å². The topological polar surface area (TPSA) is 132 Å². The minimum atomic E-state index is -3.76. The van der Waals surface area contributed by atoms with E-state index in [1.165, 1.54) is 18.4 Å². The molecule has 32 heavy (non-hydrogen) atoms. The fourth-order valence-electron chi connectivity index (χ4n) is 3.26. The van der Waals surface area contributed by atoms with E-state index in [9.17, 15) is 16.8 Å². The molecule has 10 heteroatoms. The van der Waals surface area contributed by atoms with Gasteiger partial charge in [-0.2, -0.15) is 0 Å². The summed E-state index contributed by atoms with van der Waals surface area (Å²) in [4.78, 5) is 8.87. The lowest BCUT2D eigenvalue weighted by Gasteiger charge is -2.09. The van der Waals surface area contributed by atoms with Crippen LogP contribution < -0.4 is 10.5 Å². The van der Waals surface area contributed by atoms with Crippen molar-refractivity contribution in [3.8, 4) is 11.1 Å². The largest absolute Gasteiger partial charge is 0.324 e. The quantitative estimate of drug-likeness (QED) is 0.444. The maximum Gasteiger partial charge on any atom is 0.238 e. The summed E-state index contributed by atoms with van der Waals surface area (Å²) in [5.74, 6) is 0.332. The SMILES string of the molecule is CS(=O)(=O)Cc1cccc(-c2ccc3cnc(Nc4ccc(S(N)(=O)=O)cc4)nc3c2)c1. The van der Waals surface area contributed by atoms with Crippen molar-refractivity contribution in [3.05, 3.63) is 78.5 Å². The molecule has 0 fully saturated rings. The molecule has 3 aromatic carbocycles. The second-order valence-electron chi connectivity index (χ2n) is 7.43. The average Bonchev–Trinajstić information content (AvgIpc) is 2.72. The highest BCUT2D eigenvalue weighted by atomic mass is 32.2. The van der Waals surface area contributed by atoms with Gasteiger partial charge in [0.1, 0.15) is 0 Å². The Kier molecular flexibility index (Phi) is 5.68. The molecule has 0 amide bonds. The van der Waals surface area contributed by atoms with Crippen LogP contribution in [0.1, 0.15) is 5.56 Å². The Labute approximate surface area is 186 Å². The summed E-state index contributed by atoms with van der Waals surface area (Å²) in [6.07, 6.45) is 2.90. The predicted molar refractivity (Wildman–Crippen MR) is 125 cm³/mol. The normalized spacial score (nSPS) is 12.1. The molecule has 0 aliphatic heterocycles. The van der Waals surface area contributed by atoms with Gasteiger partial charge in [0.25, 0.3) is 0 Å². The van der Waals surface area contributed by atoms with Gasteiger partial charge < -0.3 is 5.32 Å². The number of sulfonamides is 1. The van der Waals surface area contributed by atoms with Gasteiger partial charge in [-0.1, -0.05) is 36.4 Å². The lowest BCUT2D eigenvalue weighted by Crippen LogP contribution is -2.11. The molecule has 8 nitrogen and oxygen atoms in total. The number of benzene rings is 3. The van der Waals surface area contributed by atoms with Crippen molar-refractivity contribution in [1.29, 1.82) is 0 Å². The molecule has 164 valence electrons. The number of nitrogens with zero attached hydrogens (tertiary/aromatic N) is 2. The third-order valence-electron chi connectivity index (χ3n) is 4.71. The number of nitrogens with one attached hydrogen (secondary N) is 1. The summed E-state index contributed by atoms with van der Waals surface area (Å²) in [6.45, 7) is 0. The van der Waals surface area contributed by atoms with Gasteiger partial charge in [0, 0.05) is 23.5 Å². The molecule has 0 radical (unpaired) electrons. The molecule has 0 saturated heterocycles. The molecule has 1 aromatic heterocycles. The summed E-state index contributed by atoms with van der Waals surface area (Å²) < 4.78 is 46.0. The molecular formula is C22H20N4O4S2.